The van der Waals surface area contributed by atoms with Crippen molar-refractivity contribution in [2.75, 3.05) is 25.6 Å². The van der Waals surface area contributed by atoms with Crippen LogP contribution in [0.2, 0.25) is 0 Å². The van der Waals surface area contributed by atoms with E-state index in [1.807, 2.05) is 59.5 Å². The molecular formula is C31H33FN4O4S2. The van der Waals surface area contributed by atoms with Crippen LogP contribution in [-0.2, 0) is 33.4 Å². The van der Waals surface area contributed by atoms with Gasteiger partial charge in [-0.15, -0.1) is 0 Å². The highest BCUT2D eigenvalue weighted by molar-refractivity contribution is 7.90. The van der Waals surface area contributed by atoms with E-state index in [1.165, 1.54) is 18.2 Å². The molecule has 5 rings (SSSR count). The van der Waals surface area contributed by atoms with E-state index in [9.17, 15) is 12.8 Å². The molecule has 1 aliphatic heterocycles. The molecule has 1 atom stereocenters. The van der Waals surface area contributed by atoms with Crippen LogP contribution in [0.1, 0.15) is 29.7 Å². The average molecular weight is 609 g/mol. The third-order valence-corrected chi connectivity index (χ3v) is 9.03. The van der Waals surface area contributed by atoms with E-state index in [0.717, 1.165) is 29.8 Å². The van der Waals surface area contributed by atoms with Crippen LogP contribution in [0.3, 0.4) is 0 Å². The molecule has 0 radical (unpaired) electrons. The Morgan fingerprint density at radius 3 is 2.55 bits per heavy atom. The zero-order valence-corrected chi connectivity index (χ0v) is 24.9. The summed E-state index contributed by atoms with van der Waals surface area (Å²) in [5.74, 6) is -0.334. The van der Waals surface area contributed by atoms with Crippen molar-refractivity contribution >= 4 is 32.9 Å². The van der Waals surface area contributed by atoms with Crippen molar-refractivity contribution in [3.63, 3.8) is 0 Å². The van der Waals surface area contributed by atoms with Crippen LogP contribution in [0.25, 0.3) is 0 Å². The summed E-state index contributed by atoms with van der Waals surface area (Å²) < 4.78 is 54.6. The molecule has 0 unspecified atom stereocenters. The third kappa shape index (κ3) is 7.33. The number of thiocarbonyl (C=S) groups is 1. The van der Waals surface area contributed by atoms with Crippen molar-refractivity contribution in [3.8, 4) is 5.75 Å². The van der Waals surface area contributed by atoms with Gasteiger partial charge in [0.25, 0.3) is 0 Å². The molecule has 1 N–H and O–H groups in total. The van der Waals surface area contributed by atoms with Gasteiger partial charge in [-0.05, 0) is 61.0 Å². The normalized spacial score (nSPS) is 15.0. The van der Waals surface area contributed by atoms with Crippen molar-refractivity contribution in [3.05, 3.63) is 108 Å². The van der Waals surface area contributed by atoms with Crippen LogP contribution < -0.4 is 10.1 Å². The Balaban J connectivity index is 1.47. The van der Waals surface area contributed by atoms with E-state index in [2.05, 4.69) is 10.3 Å². The van der Waals surface area contributed by atoms with Crippen LogP contribution in [0.5, 0.6) is 5.75 Å². The number of hydrogen-bond acceptors (Lipinski definition) is 6. The van der Waals surface area contributed by atoms with Gasteiger partial charge in [0.05, 0.1) is 43.9 Å². The SMILES string of the molecule is COc1ccc(NC(=S)N(Cc2cnc(S(=O)(=O)Cc3ccccc3F)n2Cc2ccccc2)C[C@@H]2CCCO2)cc1. The predicted molar refractivity (Wildman–Crippen MR) is 164 cm³/mol. The summed E-state index contributed by atoms with van der Waals surface area (Å²) in [5, 5.41) is 3.65. The van der Waals surface area contributed by atoms with Crippen LogP contribution in [0, 0.1) is 5.82 Å². The standard InChI is InChI=1S/C31H33FN4O4S2/c1-39-27-15-13-25(14-16-27)34-30(41)35(21-28-11-7-17-40-28)20-26-18-33-31(36(26)19-23-8-3-2-4-9-23)42(37,38)22-24-10-5-6-12-29(24)32/h2-6,8-10,12-16,18,28H,7,11,17,19-22H2,1H3,(H,34,41)/t28-/m0/s1. The second-order valence-corrected chi connectivity index (χ2v) is 12.4. The van der Waals surface area contributed by atoms with Crippen molar-refractivity contribution in [2.45, 2.75) is 42.9 Å². The molecular weight excluding hydrogens is 575 g/mol. The molecule has 0 aliphatic carbocycles. The van der Waals surface area contributed by atoms with Crippen molar-refractivity contribution in [1.82, 2.24) is 14.5 Å². The highest BCUT2D eigenvalue weighted by Crippen LogP contribution is 2.23. The van der Waals surface area contributed by atoms with Gasteiger partial charge in [-0.2, -0.15) is 0 Å². The number of methoxy groups -OCH3 is 1. The minimum Gasteiger partial charge on any atom is -0.497 e. The second-order valence-electron chi connectivity index (χ2n) is 10.1. The number of nitrogens with zero attached hydrogens (tertiary/aromatic N) is 3. The minimum atomic E-state index is -3.99. The molecule has 8 nitrogen and oxygen atoms in total. The van der Waals surface area contributed by atoms with Gasteiger partial charge in [-0.25, -0.2) is 17.8 Å². The Morgan fingerprint density at radius 2 is 1.86 bits per heavy atom. The molecule has 220 valence electrons. The maximum Gasteiger partial charge on any atom is 0.228 e. The summed E-state index contributed by atoms with van der Waals surface area (Å²) in [7, 11) is -2.38. The second kappa shape index (κ2) is 13.5. The van der Waals surface area contributed by atoms with Gasteiger partial charge in [0.1, 0.15) is 11.6 Å². The number of benzene rings is 3. The van der Waals surface area contributed by atoms with Gasteiger partial charge >= 0.3 is 0 Å². The molecule has 42 heavy (non-hydrogen) atoms. The quantitative estimate of drug-likeness (QED) is 0.226. The summed E-state index contributed by atoms with van der Waals surface area (Å²) in [4.78, 5) is 6.35. The van der Waals surface area contributed by atoms with Gasteiger partial charge in [-0.3, -0.25) is 0 Å². The van der Waals surface area contributed by atoms with Gasteiger partial charge in [-0.1, -0.05) is 48.5 Å². The Labute approximate surface area is 251 Å². The van der Waals surface area contributed by atoms with E-state index in [4.69, 9.17) is 21.7 Å². The van der Waals surface area contributed by atoms with Crippen LogP contribution in [0.15, 0.2) is 90.2 Å². The number of hydrogen-bond donors (Lipinski definition) is 1. The Morgan fingerprint density at radius 1 is 1.12 bits per heavy atom. The van der Waals surface area contributed by atoms with E-state index >= 15 is 0 Å². The first-order chi connectivity index (χ1) is 20.3. The molecule has 0 saturated carbocycles. The molecule has 0 amide bonds. The van der Waals surface area contributed by atoms with Gasteiger partial charge < -0.3 is 24.3 Å². The number of rotatable bonds is 11. The molecule has 0 bridgehead atoms. The van der Waals surface area contributed by atoms with E-state index in [0.29, 0.717) is 24.0 Å². The van der Waals surface area contributed by atoms with Crippen LogP contribution in [0.4, 0.5) is 10.1 Å². The van der Waals surface area contributed by atoms with Crippen LogP contribution >= 0.6 is 12.2 Å². The number of anilines is 1. The summed E-state index contributed by atoms with van der Waals surface area (Å²) in [6, 6.07) is 22.9. The lowest BCUT2D eigenvalue weighted by Gasteiger charge is -2.29. The molecule has 2 heterocycles. The number of ether oxygens (including phenoxy) is 2. The molecule has 1 aliphatic rings. The first-order valence-corrected chi connectivity index (χ1v) is 15.7. The summed E-state index contributed by atoms with van der Waals surface area (Å²) in [6.07, 6.45) is 3.44. The lowest BCUT2D eigenvalue weighted by Crippen LogP contribution is -2.40. The third-order valence-electron chi connectivity index (χ3n) is 7.10. The lowest BCUT2D eigenvalue weighted by atomic mass is 10.2. The minimum absolute atomic E-state index is 0.00429. The molecule has 11 heteroatoms. The average Bonchev–Trinajstić information content (AvgIpc) is 3.65. The summed E-state index contributed by atoms with van der Waals surface area (Å²) in [6.45, 7) is 1.78. The molecule has 1 aromatic heterocycles. The van der Waals surface area contributed by atoms with Crippen LogP contribution in [-0.4, -0.2) is 54.3 Å². The van der Waals surface area contributed by atoms with Gasteiger partial charge in [0.15, 0.2) is 5.11 Å². The largest absolute Gasteiger partial charge is 0.497 e. The van der Waals surface area contributed by atoms with E-state index in [1.54, 1.807) is 23.9 Å². The number of aromatic nitrogens is 2. The number of imidazole rings is 1. The number of nitrogens with one attached hydrogen (secondary N) is 1. The summed E-state index contributed by atoms with van der Waals surface area (Å²) >= 11 is 5.85. The smallest absolute Gasteiger partial charge is 0.228 e. The zero-order valence-electron chi connectivity index (χ0n) is 23.3. The summed E-state index contributed by atoms with van der Waals surface area (Å²) in [5.41, 5.74) is 2.45. The fourth-order valence-electron chi connectivity index (χ4n) is 4.91. The molecule has 3 aromatic carbocycles. The fraction of sp³-hybridized carbons (Fsp3) is 0.290. The van der Waals surface area contributed by atoms with Gasteiger partial charge in [0.2, 0.25) is 15.0 Å². The fourth-order valence-corrected chi connectivity index (χ4v) is 6.67. The molecule has 0 spiro atoms. The highest BCUT2D eigenvalue weighted by Gasteiger charge is 2.28. The Kier molecular flexibility index (Phi) is 9.51. The molecule has 1 saturated heterocycles. The molecule has 4 aromatic rings. The lowest BCUT2D eigenvalue weighted by molar-refractivity contribution is 0.0900. The highest BCUT2D eigenvalue weighted by atomic mass is 32.2. The van der Waals surface area contributed by atoms with Crippen molar-refractivity contribution in [2.24, 2.45) is 0 Å². The number of sulfone groups is 1. The monoisotopic (exact) mass is 608 g/mol. The van der Waals surface area contributed by atoms with Gasteiger partial charge in [0, 0.05) is 24.4 Å². The first kappa shape index (κ1) is 29.7. The Hall–Kier alpha value is -3.80. The maximum absolute atomic E-state index is 14.4. The van der Waals surface area contributed by atoms with E-state index < -0.39 is 21.4 Å². The predicted octanol–water partition coefficient (Wildman–Crippen LogP) is 5.43. The van der Waals surface area contributed by atoms with Crippen molar-refractivity contribution in [1.29, 1.82) is 0 Å². The Bertz CT molecular complexity index is 1610. The zero-order chi connectivity index (χ0) is 29.5. The first-order valence-electron chi connectivity index (χ1n) is 13.7. The number of halogens is 1. The topological polar surface area (TPSA) is 85.7 Å². The maximum atomic E-state index is 14.4. The van der Waals surface area contributed by atoms with E-state index in [-0.39, 0.29) is 29.9 Å². The van der Waals surface area contributed by atoms with Crippen molar-refractivity contribution < 1.29 is 22.3 Å². The molecule has 1 fully saturated rings.